The van der Waals surface area contributed by atoms with Gasteiger partial charge in [0.05, 0.1) is 0 Å². The molecule has 1 aromatic heterocycles. The lowest BCUT2D eigenvalue weighted by Crippen LogP contribution is -1.92. The lowest BCUT2D eigenvalue weighted by molar-refractivity contribution is 0.957. The van der Waals surface area contributed by atoms with Gasteiger partial charge in [0.1, 0.15) is 0 Å². The number of halogens is 1. The van der Waals surface area contributed by atoms with Crippen molar-refractivity contribution in [3.05, 3.63) is 36.2 Å². The number of rotatable bonds is 4. The fourth-order valence-corrected chi connectivity index (χ4v) is 1.56. The highest BCUT2D eigenvalue weighted by Gasteiger charge is 2.01. The Bertz CT molecular complexity index is 412. The predicted molar refractivity (Wildman–Crippen MR) is 63.6 cm³/mol. The fourth-order valence-electron chi connectivity index (χ4n) is 1.21. The number of hydrogen-bond donors (Lipinski definition) is 2. The molecule has 5 heteroatoms. The molecule has 0 spiro atoms. The Hall–Kier alpha value is -1.36. The van der Waals surface area contributed by atoms with Gasteiger partial charge in [0.2, 0.25) is 5.95 Å². The minimum Gasteiger partial charge on any atom is -0.325 e. The van der Waals surface area contributed by atoms with E-state index in [1.807, 2.05) is 30.3 Å². The highest BCUT2D eigenvalue weighted by atomic mass is 79.9. The van der Waals surface area contributed by atoms with Crippen LogP contribution in [0.5, 0.6) is 0 Å². The maximum atomic E-state index is 4.29. The molecule has 0 aliphatic carbocycles. The topological polar surface area (TPSA) is 53.6 Å². The summed E-state index contributed by atoms with van der Waals surface area (Å²) in [7, 11) is 0. The smallest absolute Gasteiger partial charge is 0.223 e. The van der Waals surface area contributed by atoms with E-state index in [0.29, 0.717) is 5.95 Å². The van der Waals surface area contributed by atoms with Crippen LogP contribution >= 0.6 is 15.9 Å². The van der Waals surface area contributed by atoms with Crippen molar-refractivity contribution in [2.24, 2.45) is 0 Å². The van der Waals surface area contributed by atoms with Crippen molar-refractivity contribution in [3.63, 3.8) is 0 Å². The highest BCUT2D eigenvalue weighted by molar-refractivity contribution is 9.09. The molecule has 0 aliphatic rings. The lowest BCUT2D eigenvalue weighted by atomic mass is 10.3. The number of para-hydroxylation sites is 1. The first kappa shape index (κ1) is 10.2. The Kier molecular flexibility index (Phi) is 3.34. The number of benzene rings is 1. The van der Waals surface area contributed by atoms with E-state index in [-0.39, 0.29) is 0 Å². The largest absolute Gasteiger partial charge is 0.325 e. The van der Waals surface area contributed by atoms with Crippen LogP contribution in [-0.2, 0) is 6.42 Å². The third kappa shape index (κ3) is 2.79. The summed E-state index contributed by atoms with van der Waals surface area (Å²) in [6, 6.07) is 9.87. The molecule has 2 rings (SSSR count). The zero-order chi connectivity index (χ0) is 10.5. The SMILES string of the molecule is BrCCc1n[nH]c(Nc2ccccc2)n1. The summed E-state index contributed by atoms with van der Waals surface area (Å²) in [6.45, 7) is 0. The van der Waals surface area contributed by atoms with Crippen molar-refractivity contribution in [2.75, 3.05) is 10.6 Å². The minimum atomic E-state index is 0.678. The average Bonchev–Trinajstić information content (AvgIpc) is 2.68. The fraction of sp³-hybridized carbons (Fsp3) is 0.200. The van der Waals surface area contributed by atoms with Crippen molar-refractivity contribution in [3.8, 4) is 0 Å². The van der Waals surface area contributed by atoms with E-state index >= 15 is 0 Å². The van der Waals surface area contributed by atoms with Gasteiger partial charge < -0.3 is 5.32 Å². The summed E-state index contributed by atoms with van der Waals surface area (Å²) >= 11 is 3.35. The average molecular weight is 267 g/mol. The molecule has 0 saturated heterocycles. The molecule has 2 aromatic rings. The molecule has 0 atom stereocenters. The van der Waals surface area contributed by atoms with Crippen LogP contribution in [0, 0.1) is 0 Å². The molecule has 0 saturated carbocycles. The number of aromatic nitrogens is 3. The van der Waals surface area contributed by atoms with Crippen LogP contribution in [0.15, 0.2) is 30.3 Å². The lowest BCUT2D eigenvalue weighted by Gasteiger charge is -1.99. The standard InChI is InChI=1S/C10H11BrN4/c11-7-6-9-13-10(15-14-9)12-8-4-2-1-3-5-8/h1-5H,6-7H2,(H2,12,13,14,15). The number of nitrogens with zero attached hydrogens (tertiary/aromatic N) is 2. The van der Waals surface area contributed by atoms with Crippen LogP contribution in [0.3, 0.4) is 0 Å². The van der Waals surface area contributed by atoms with Gasteiger partial charge in [-0.3, -0.25) is 0 Å². The third-order valence-electron chi connectivity index (χ3n) is 1.89. The van der Waals surface area contributed by atoms with Gasteiger partial charge in [0, 0.05) is 17.4 Å². The molecule has 0 bridgehead atoms. The third-order valence-corrected chi connectivity index (χ3v) is 2.28. The van der Waals surface area contributed by atoms with Crippen LogP contribution in [0.4, 0.5) is 11.6 Å². The van der Waals surface area contributed by atoms with Crippen molar-refractivity contribution in [1.29, 1.82) is 0 Å². The number of hydrogen-bond acceptors (Lipinski definition) is 3. The molecule has 78 valence electrons. The van der Waals surface area contributed by atoms with Gasteiger partial charge in [-0.25, -0.2) is 5.10 Å². The maximum absolute atomic E-state index is 4.29. The van der Waals surface area contributed by atoms with E-state index in [1.165, 1.54) is 0 Å². The molecule has 2 N–H and O–H groups in total. The van der Waals surface area contributed by atoms with Gasteiger partial charge >= 0.3 is 0 Å². The Morgan fingerprint density at radius 3 is 2.80 bits per heavy atom. The molecule has 15 heavy (non-hydrogen) atoms. The predicted octanol–water partition coefficient (Wildman–Crippen LogP) is 2.49. The second-order valence-electron chi connectivity index (χ2n) is 3.03. The van der Waals surface area contributed by atoms with Gasteiger partial charge in [-0.05, 0) is 12.1 Å². The Morgan fingerprint density at radius 2 is 2.07 bits per heavy atom. The summed E-state index contributed by atoms with van der Waals surface area (Å²) in [5.74, 6) is 1.49. The summed E-state index contributed by atoms with van der Waals surface area (Å²) in [6.07, 6.45) is 0.826. The van der Waals surface area contributed by atoms with Crippen molar-refractivity contribution < 1.29 is 0 Å². The zero-order valence-electron chi connectivity index (χ0n) is 8.07. The molecule has 1 heterocycles. The monoisotopic (exact) mass is 266 g/mol. The first-order chi connectivity index (χ1) is 7.38. The molecule has 1 aromatic carbocycles. The Morgan fingerprint density at radius 1 is 1.27 bits per heavy atom. The molecule has 0 unspecified atom stereocenters. The van der Waals surface area contributed by atoms with Gasteiger partial charge in [-0.2, -0.15) is 10.1 Å². The van der Waals surface area contributed by atoms with Gasteiger partial charge in [-0.15, -0.1) is 0 Å². The Labute approximate surface area is 96.3 Å². The summed E-state index contributed by atoms with van der Waals surface area (Å²) in [5, 5.41) is 10.9. The van der Waals surface area contributed by atoms with E-state index in [2.05, 4.69) is 36.4 Å². The van der Waals surface area contributed by atoms with Crippen LogP contribution in [0.25, 0.3) is 0 Å². The summed E-state index contributed by atoms with van der Waals surface area (Å²) < 4.78 is 0. The number of H-pyrrole nitrogens is 1. The first-order valence-corrected chi connectivity index (χ1v) is 5.80. The van der Waals surface area contributed by atoms with Crippen molar-refractivity contribution in [1.82, 2.24) is 15.2 Å². The number of anilines is 2. The van der Waals surface area contributed by atoms with E-state index < -0.39 is 0 Å². The zero-order valence-corrected chi connectivity index (χ0v) is 9.66. The minimum absolute atomic E-state index is 0.678. The van der Waals surface area contributed by atoms with Crippen LogP contribution in [0.2, 0.25) is 0 Å². The maximum Gasteiger partial charge on any atom is 0.223 e. The number of aromatic amines is 1. The summed E-state index contributed by atoms with van der Waals surface area (Å²) in [5.41, 5.74) is 0.999. The van der Waals surface area contributed by atoms with Crippen LogP contribution in [0.1, 0.15) is 5.82 Å². The van der Waals surface area contributed by atoms with E-state index in [0.717, 1.165) is 23.3 Å². The van der Waals surface area contributed by atoms with Gasteiger partial charge in [0.25, 0.3) is 0 Å². The molecule has 0 radical (unpaired) electrons. The van der Waals surface area contributed by atoms with E-state index in [9.17, 15) is 0 Å². The summed E-state index contributed by atoms with van der Waals surface area (Å²) in [4.78, 5) is 4.29. The van der Waals surface area contributed by atoms with E-state index in [4.69, 9.17) is 0 Å². The first-order valence-electron chi connectivity index (χ1n) is 4.68. The second-order valence-corrected chi connectivity index (χ2v) is 3.82. The quantitative estimate of drug-likeness (QED) is 0.837. The van der Waals surface area contributed by atoms with Gasteiger partial charge in [-0.1, -0.05) is 34.1 Å². The van der Waals surface area contributed by atoms with Gasteiger partial charge in [0.15, 0.2) is 5.82 Å². The van der Waals surface area contributed by atoms with E-state index in [1.54, 1.807) is 0 Å². The Balaban J connectivity index is 2.05. The molecule has 4 nitrogen and oxygen atoms in total. The number of alkyl halides is 1. The molecule has 0 amide bonds. The molecule has 0 aliphatic heterocycles. The molecular weight excluding hydrogens is 256 g/mol. The van der Waals surface area contributed by atoms with Crippen molar-refractivity contribution in [2.45, 2.75) is 6.42 Å². The van der Waals surface area contributed by atoms with Crippen molar-refractivity contribution >= 4 is 27.6 Å². The second kappa shape index (κ2) is 4.93. The molecular formula is C10H11BrN4. The highest BCUT2D eigenvalue weighted by Crippen LogP contribution is 2.11. The normalized spacial score (nSPS) is 10.2. The van der Waals surface area contributed by atoms with Crippen LogP contribution in [-0.4, -0.2) is 20.5 Å². The number of aryl methyl sites for hydroxylation is 1. The van der Waals surface area contributed by atoms with Crippen LogP contribution < -0.4 is 5.32 Å². The molecule has 0 fully saturated rings. The number of nitrogens with one attached hydrogen (secondary N) is 2.